The summed E-state index contributed by atoms with van der Waals surface area (Å²) in [5.41, 5.74) is -0.364. The number of thiol groups is 1. The number of hydrogen-bond acceptors (Lipinski definition) is 3. The Morgan fingerprint density at radius 2 is 2.05 bits per heavy atom. The fraction of sp³-hybridized carbons (Fsp3) is 0.500. The minimum absolute atomic E-state index is 0.00459. The van der Waals surface area contributed by atoms with Crippen LogP contribution in [0.5, 0.6) is 0 Å². The van der Waals surface area contributed by atoms with Gasteiger partial charge in [0.25, 0.3) is 5.91 Å². The molecule has 0 spiro atoms. The zero-order chi connectivity index (χ0) is 14.5. The highest BCUT2D eigenvalue weighted by Gasteiger charge is 2.26. The molecule has 2 N–H and O–H groups in total. The van der Waals surface area contributed by atoms with E-state index in [1.807, 2.05) is 13.8 Å². The standard InChI is InChI=1S/C14H20FNO2S/c1-3-14(4-2,9-17)8-16-13(18)11-7-10(19)5-6-12(11)15/h5-7,17,19H,3-4,8-9H2,1-2H3,(H,16,18). The van der Waals surface area contributed by atoms with Crippen molar-refractivity contribution in [3.63, 3.8) is 0 Å². The van der Waals surface area contributed by atoms with Crippen molar-refractivity contribution in [3.05, 3.63) is 29.6 Å². The number of carbonyl (C=O) groups excluding carboxylic acids is 1. The Labute approximate surface area is 118 Å². The predicted molar refractivity (Wildman–Crippen MR) is 76.1 cm³/mol. The third-order valence-electron chi connectivity index (χ3n) is 3.65. The summed E-state index contributed by atoms with van der Waals surface area (Å²) in [6.07, 6.45) is 1.49. The number of halogens is 1. The molecule has 0 radical (unpaired) electrons. The van der Waals surface area contributed by atoms with Gasteiger partial charge in [-0.05, 0) is 31.0 Å². The van der Waals surface area contributed by atoms with Crippen molar-refractivity contribution in [1.82, 2.24) is 5.32 Å². The molecule has 19 heavy (non-hydrogen) atoms. The van der Waals surface area contributed by atoms with Crippen molar-refractivity contribution in [2.45, 2.75) is 31.6 Å². The van der Waals surface area contributed by atoms with Crippen LogP contribution in [0, 0.1) is 11.2 Å². The highest BCUT2D eigenvalue weighted by atomic mass is 32.1. The van der Waals surface area contributed by atoms with Crippen molar-refractivity contribution in [3.8, 4) is 0 Å². The molecule has 0 saturated heterocycles. The molecule has 0 unspecified atom stereocenters. The lowest BCUT2D eigenvalue weighted by Crippen LogP contribution is -2.39. The van der Waals surface area contributed by atoms with Gasteiger partial charge in [-0.3, -0.25) is 4.79 Å². The SMILES string of the molecule is CCC(CC)(CO)CNC(=O)c1cc(S)ccc1F. The van der Waals surface area contributed by atoms with E-state index in [9.17, 15) is 14.3 Å². The zero-order valence-corrected chi connectivity index (χ0v) is 12.1. The van der Waals surface area contributed by atoms with Gasteiger partial charge in [0.15, 0.2) is 0 Å². The second kappa shape index (κ2) is 6.91. The van der Waals surface area contributed by atoms with E-state index in [0.717, 1.165) is 12.8 Å². The maximum atomic E-state index is 13.5. The summed E-state index contributed by atoms with van der Waals surface area (Å²) in [6.45, 7) is 4.24. The Bertz CT molecular complexity index is 439. The van der Waals surface area contributed by atoms with Gasteiger partial charge in [-0.25, -0.2) is 4.39 Å². The molecule has 0 heterocycles. The van der Waals surface area contributed by atoms with Gasteiger partial charge in [-0.15, -0.1) is 12.6 Å². The van der Waals surface area contributed by atoms with E-state index in [2.05, 4.69) is 17.9 Å². The third-order valence-corrected chi connectivity index (χ3v) is 3.93. The number of aliphatic hydroxyl groups excluding tert-OH is 1. The van der Waals surface area contributed by atoms with Gasteiger partial charge in [-0.2, -0.15) is 0 Å². The molecular weight excluding hydrogens is 265 g/mol. The molecule has 0 saturated carbocycles. The summed E-state index contributed by atoms with van der Waals surface area (Å²) >= 11 is 4.09. The van der Waals surface area contributed by atoms with Crippen molar-refractivity contribution in [2.24, 2.45) is 5.41 Å². The summed E-state index contributed by atoms with van der Waals surface area (Å²) in [5, 5.41) is 12.1. The average molecular weight is 285 g/mol. The number of amides is 1. The molecule has 0 bridgehead atoms. The van der Waals surface area contributed by atoms with Gasteiger partial charge >= 0.3 is 0 Å². The summed E-state index contributed by atoms with van der Waals surface area (Å²) in [4.78, 5) is 12.5. The molecule has 0 aliphatic carbocycles. The van der Waals surface area contributed by atoms with Crippen LogP contribution in [-0.4, -0.2) is 24.2 Å². The molecule has 0 aliphatic heterocycles. The summed E-state index contributed by atoms with van der Waals surface area (Å²) in [7, 11) is 0. The van der Waals surface area contributed by atoms with Crippen molar-refractivity contribution < 1.29 is 14.3 Å². The van der Waals surface area contributed by atoms with E-state index in [1.165, 1.54) is 18.2 Å². The minimum atomic E-state index is -0.571. The molecule has 1 rings (SSSR count). The molecule has 1 aromatic carbocycles. The maximum Gasteiger partial charge on any atom is 0.254 e. The number of hydrogen-bond donors (Lipinski definition) is 3. The number of aliphatic hydroxyl groups is 1. The lowest BCUT2D eigenvalue weighted by Gasteiger charge is -2.29. The van der Waals surface area contributed by atoms with E-state index in [4.69, 9.17) is 0 Å². The highest BCUT2D eigenvalue weighted by Crippen LogP contribution is 2.24. The Kier molecular flexibility index (Phi) is 5.82. The van der Waals surface area contributed by atoms with Gasteiger partial charge in [0, 0.05) is 16.9 Å². The molecule has 3 nitrogen and oxygen atoms in total. The number of nitrogens with one attached hydrogen (secondary N) is 1. The fourth-order valence-electron chi connectivity index (χ4n) is 1.83. The van der Waals surface area contributed by atoms with E-state index < -0.39 is 11.7 Å². The zero-order valence-electron chi connectivity index (χ0n) is 11.2. The molecule has 5 heteroatoms. The van der Waals surface area contributed by atoms with Gasteiger partial charge in [0.05, 0.1) is 12.2 Å². The van der Waals surface area contributed by atoms with Gasteiger partial charge in [0.2, 0.25) is 0 Å². The quantitative estimate of drug-likeness (QED) is 0.704. The first-order chi connectivity index (χ1) is 8.98. The number of carbonyl (C=O) groups is 1. The molecule has 0 aromatic heterocycles. The Hall–Kier alpha value is -1.07. The van der Waals surface area contributed by atoms with Gasteiger partial charge in [0.1, 0.15) is 5.82 Å². The van der Waals surface area contributed by atoms with Gasteiger partial charge in [-0.1, -0.05) is 13.8 Å². The number of rotatable bonds is 6. The largest absolute Gasteiger partial charge is 0.396 e. The van der Waals surface area contributed by atoms with Crippen LogP contribution in [0.4, 0.5) is 4.39 Å². The van der Waals surface area contributed by atoms with Crippen LogP contribution in [0.1, 0.15) is 37.0 Å². The molecular formula is C14H20FNO2S. The van der Waals surface area contributed by atoms with Crippen molar-refractivity contribution in [2.75, 3.05) is 13.2 Å². The molecule has 0 atom stereocenters. The second-order valence-corrected chi connectivity index (χ2v) is 5.23. The van der Waals surface area contributed by atoms with Crippen LogP contribution in [0.15, 0.2) is 23.1 Å². The topological polar surface area (TPSA) is 49.3 Å². The summed E-state index contributed by atoms with van der Waals surface area (Å²) < 4.78 is 13.5. The van der Waals surface area contributed by atoms with Crippen LogP contribution in [-0.2, 0) is 0 Å². The fourth-order valence-corrected chi connectivity index (χ4v) is 2.03. The molecule has 0 aliphatic rings. The monoisotopic (exact) mass is 285 g/mol. The molecule has 106 valence electrons. The van der Waals surface area contributed by atoms with E-state index in [0.29, 0.717) is 11.4 Å². The summed E-state index contributed by atoms with van der Waals surface area (Å²) in [5.74, 6) is -1.05. The third kappa shape index (κ3) is 3.94. The van der Waals surface area contributed by atoms with Crippen LogP contribution < -0.4 is 5.32 Å². The second-order valence-electron chi connectivity index (χ2n) is 4.71. The van der Waals surface area contributed by atoms with E-state index in [-0.39, 0.29) is 17.6 Å². The van der Waals surface area contributed by atoms with Crippen LogP contribution in [0.2, 0.25) is 0 Å². The Morgan fingerprint density at radius 1 is 1.42 bits per heavy atom. The van der Waals surface area contributed by atoms with Crippen molar-refractivity contribution >= 4 is 18.5 Å². The Morgan fingerprint density at radius 3 is 2.58 bits per heavy atom. The van der Waals surface area contributed by atoms with Crippen LogP contribution >= 0.6 is 12.6 Å². The van der Waals surface area contributed by atoms with E-state index >= 15 is 0 Å². The van der Waals surface area contributed by atoms with Gasteiger partial charge < -0.3 is 10.4 Å². The lowest BCUT2D eigenvalue weighted by molar-refractivity contribution is 0.0847. The number of benzene rings is 1. The Balaban J connectivity index is 2.77. The summed E-state index contributed by atoms with van der Waals surface area (Å²) in [6, 6.07) is 4.10. The van der Waals surface area contributed by atoms with Crippen LogP contribution in [0.25, 0.3) is 0 Å². The normalized spacial score (nSPS) is 11.4. The first-order valence-corrected chi connectivity index (χ1v) is 6.80. The maximum absolute atomic E-state index is 13.5. The highest BCUT2D eigenvalue weighted by molar-refractivity contribution is 7.80. The van der Waals surface area contributed by atoms with Crippen molar-refractivity contribution in [1.29, 1.82) is 0 Å². The average Bonchev–Trinajstić information content (AvgIpc) is 2.43. The first-order valence-electron chi connectivity index (χ1n) is 6.35. The lowest BCUT2D eigenvalue weighted by atomic mass is 9.83. The first kappa shape index (κ1) is 16.0. The van der Waals surface area contributed by atoms with E-state index in [1.54, 1.807) is 0 Å². The predicted octanol–water partition coefficient (Wildman–Crippen LogP) is 2.64. The smallest absolute Gasteiger partial charge is 0.254 e. The molecule has 0 fully saturated rings. The minimum Gasteiger partial charge on any atom is -0.396 e. The molecule has 1 aromatic rings. The van der Waals surface area contributed by atoms with Crippen LogP contribution in [0.3, 0.4) is 0 Å². The molecule has 1 amide bonds.